The molecule has 5 heteroatoms. The van der Waals surface area contributed by atoms with E-state index in [1.165, 1.54) is 0 Å². The van der Waals surface area contributed by atoms with Gasteiger partial charge in [0.05, 0.1) is 14.2 Å². The van der Waals surface area contributed by atoms with Crippen LogP contribution in [0.15, 0.2) is 48.5 Å². The molecule has 2 aromatic rings. The fourth-order valence-corrected chi connectivity index (χ4v) is 2.03. The molecular formula is C18H21NO4. The van der Waals surface area contributed by atoms with Crippen LogP contribution in [0.5, 0.6) is 17.2 Å². The van der Waals surface area contributed by atoms with Crippen LogP contribution in [0.3, 0.4) is 0 Å². The van der Waals surface area contributed by atoms with E-state index in [1.807, 2.05) is 36.4 Å². The molecule has 122 valence electrons. The second-order valence-corrected chi connectivity index (χ2v) is 4.92. The van der Waals surface area contributed by atoms with E-state index in [0.29, 0.717) is 18.0 Å². The zero-order chi connectivity index (χ0) is 16.5. The van der Waals surface area contributed by atoms with Gasteiger partial charge in [-0.25, -0.2) is 0 Å². The standard InChI is InChI=1S/C18H21NO4/c1-21-15-8-6-14(7-9-15)10-11-19-18(20)13-23-17-5-3-4-16(12-17)22-2/h3-9,12H,10-11,13H2,1-2H3,(H,19,20). The lowest BCUT2D eigenvalue weighted by atomic mass is 10.1. The molecule has 0 bridgehead atoms. The van der Waals surface area contributed by atoms with E-state index >= 15 is 0 Å². The summed E-state index contributed by atoms with van der Waals surface area (Å²) in [5.41, 5.74) is 1.14. The molecule has 0 saturated heterocycles. The van der Waals surface area contributed by atoms with Crippen molar-refractivity contribution in [2.75, 3.05) is 27.4 Å². The summed E-state index contributed by atoms with van der Waals surface area (Å²) in [6.07, 6.45) is 0.759. The van der Waals surface area contributed by atoms with E-state index in [-0.39, 0.29) is 12.5 Å². The van der Waals surface area contributed by atoms with Gasteiger partial charge < -0.3 is 19.5 Å². The van der Waals surface area contributed by atoms with Crippen molar-refractivity contribution in [1.29, 1.82) is 0 Å². The number of hydrogen-bond donors (Lipinski definition) is 1. The van der Waals surface area contributed by atoms with Crippen molar-refractivity contribution in [2.45, 2.75) is 6.42 Å². The van der Waals surface area contributed by atoms with Gasteiger partial charge in [-0.15, -0.1) is 0 Å². The Morgan fingerprint density at radius 3 is 2.35 bits per heavy atom. The Balaban J connectivity index is 1.70. The predicted molar refractivity (Wildman–Crippen MR) is 88.2 cm³/mol. The summed E-state index contributed by atoms with van der Waals surface area (Å²) in [4.78, 5) is 11.8. The normalized spacial score (nSPS) is 10.0. The van der Waals surface area contributed by atoms with Crippen LogP contribution in [0.4, 0.5) is 0 Å². The second kappa shape index (κ2) is 8.68. The first-order valence-corrected chi connectivity index (χ1v) is 7.38. The molecule has 1 N–H and O–H groups in total. The fraction of sp³-hybridized carbons (Fsp3) is 0.278. The minimum Gasteiger partial charge on any atom is -0.497 e. The quantitative estimate of drug-likeness (QED) is 0.813. The molecule has 0 aliphatic rings. The summed E-state index contributed by atoms with van der Waals surface area (Å²) in [5.74, 6) is 1.97. The monoisotopic (exact) mass is 315 g/mol. The van der Waals surface area contributed by atoms with Crippen molar-refractivity contribution >= 4 is 5.91 Å². The molecule has 23 heavy (non-hydrogen) atoms. The van der Waals surface area contributed by atoms with Crippen molar-refractivity contribution in [3.05, 3.63) is 54.1 Å². The smallest absolute Gasteiger partial charge is 0.257 e. The number of amides is 1. The molecule has 0 atom stereocenters. The van der Waals surface area contributed by atoms with E-state index in [4.69, 9.17) is 14.2 Å². The highest BCUT2D eigenvalue weighted by atomic mass is 16.5. The molecule has 0 heterocycles. The SMILES string of the molecule is COc1ccc(CCNC(=O)COc2cccc(OC)c2)cc1. The Kier molecular flexibility index (Phi) is 6.29. The number of hydrogen-bond acceptors (Lipinski definition) is 4. The van der Waals surface area contributed by atoms with Gasteiger partial charge in [-0.05, 0) is 36.2 Å². The fourth-order valence-electron chi connectivity index (χ4n) is 2.03. The van der Waals surface area contributed by atoms with Crippen LogP contribution >= 0.6 is 0 Å². The van der Waals surface area contributed by atoms with Gasteiger partial charge in [-0.2, -0.15) is 0 Å². The summed E-state index contributed by atoms with van der Waals surface area (Å²) < 4.78 is 15.6. The first kappa shape index (κ1) is 16.7. The molecule has 0 aliphatic carbocycles. The van der Waals surface area contributed by atoms with Gasteiger partial charge in [0.15, 0.2) is 6.61 Å². The zero-order valence-electron chi connectivity index (χ0n) is 13.4. The van der Waals surface area contributed by atoms with Crippen molar-refractivity contribution in [1.82, 2.24) is 5.32 Å². The highest BCUT2D eigenvalue weighted by molar-refractivity contribution is 5.77. The van der Waals surface area contributed by atoms with E-state index in [2.05, 4.69) is 5.32 Å². The van der Waals surface area contributed by atoms with Crippen LogP contribution < -0.4 is 19.5 Å². The maximum absolute atomic E-state index is 11.8. The summed E-state index contributed by atoms with van der Waals surface area (Å²) in [5, 5.41) is 2.83. The highest BCUT2D eigenvalue weighted by Crippen LogP contribution is 2.18. The van der Waals surface area contributed by atoms with Gasteiger partial charge in [0, 0.05) is 12.6 Å². The van der Waals surface area contributed by atoms with Gasteiger partial charge in [0.25, 0.3) is 5.91 Å². The maximum Gasteiger partial charge on any atom is 0.257 e. The van der Waals surface area contributed by atoms with Gasteiger partial charge in [-0.1, -0.05) is 18.2 Å². The topological polar surface area (TPSA) is 56.8 Å². The van der Waals surface area contributed by atoms with Gasteiger partial charge in [-0.3, -0.25) is 4.79 Å². The minimum atomic E-state index is -0.152. The molecule has 0 radical (unpaired) electrons. The minimum absolute atomic E-state index is 0.0181. The number of benzene rings is 2. The molecule has 0 unspecified atom stereocenters. The number of ether oxygens (including phenoxy) is 3. The Bertz CT molecular complexity index is 625. The van der Waals surface area contributed by atoms with Gasteiger partial charge in [0.1, 0.15) is 17.2 Å². The Morgan fingerprint density at radius 1 is 0.957 bits per heavy atom. The lowest BCUT2D eigenvalue weighted by molar-refractivity contribution is -0.123. The Morgan fingerprint density at radius 2 is 1.65 bits per heavy atom. The van der Waals surface area contributed by atoms with Gasteiger partial charge in [0.2, 0.25) is 0 Å². The van der Waals surface area contributed by atoms with Crippen LogP contribution in [0.1, 0.15) is 5.56 Å². The predicted octanol–water partition coefficient (Wildman–Crippen LogP) is 2.44. The molecule has 2 aromatic carbocycles. The van der Waals surface area contributed by atoms with Crippen molar-refractivity contribution in [2.24, 2.45) is 0 Å². The van der Waals surface area contributed by atoms with E-state index in [1.54, 1.807) is 26.4 Å². The van der Waals surface area contributed by atoms with Crippen molar-refractivity contribution < 1.29 is 19.0 Å². The number of carbonyl (C=O) groups excluding carboxylic acids is 1. The summed E-state index contributed by atoms with van der Waals surface area (Å²) in [6, 6.07) is 14.9. The van der Waals surface area contributed by atoms with Crippen LogP contribution in [-0.4, -0.2) is 33.3 Å². The summed E-state index contributed by atoms with van der Waals surface area (Å²) in [7, 11) is 3.22. The number of rotatable bonds is 8. The zero-order valence-corrected chi connectivity index (χ0v) is 13.4. The third kappa shape index (κ3) is 5.54. The molecule has 0 aliphatic heterocycles. The molecule has 0 fully saturated rings. The maximum atomic E-state index is 11.8. The molecule has 1 amide bonds. The lowest BCUT2D eigenvalue weighted by Gasteiger charge is -2.09. The third-order valence-electron chi connectivity index (χ3n) is 3.31. The van der Waals surface area contributed by atoms with Crippen molar-refractivity contribution in [3.8, 4) is 17.2 Å². The first-order chi connectivity index (χ1) is 11.2. The second-order valence-electron chi connectivity index (χ2n) is 4.92. The molecule has 2 rings (SSSR count). The Labute approximate surface area is 136 Å². The lowest BCUT2D eigenvalue weighted by Crippen LogP contribution is -2.30. The summed E-state index contributed by atoms with van der Waals surface area (Å²) >= 11 is 0. The van der Waals surface area contributed by atoms with Crippen molar-refractivity contribution in [3.63, 3.8) is 0 Å². The van der Waals surface area contributed by atoms with Crippen LogP contribution in [0.2, 0.25) is 0 Å². The number of nitrogens with one attached hydrogen (secondary N) is 1. The Hall–Kier alpha value is -2.69. The van der Waals surface area contributed by atoms with Crippen LogP contribution in [0, 0.1) is 0 Å². The molecular weight excluding hydrogens is 294 g/mol. The van der Waals surface area contributed by atoms with Crippen LogP contribution in [-0.2, 0) is 11.2 Å². The van der Waals surface area contributed by atoms with E-state index in [0.717, 1.165) is 17.7 Å². The molecule has 5 nitrogen and oxygen atoms in total. The number of carbonyl (C=O) groups is 1. The molecule has 0 spiro atoms. The summed E-state index contributed by atoms with van der Waals surface area (Å²) in [6.45, 7) is 0.544. The van der Waals surface area contributed by atoms with E-state index < -0.39 is 0 Å². The average Bonchev–Trinajstić information content (AvgIpc) is 2.61. The third-order valence-corrected chi connectivity index (χ3v) is 3.31. The van der Waals surface area contributed by atoms with Gasteiger partial charge >= 0.3 is 0 Å². The van der Waals surface area contributed by atoms with E-state index in [9.17, 15) is 4.79 Å². The highest BCUT2D eigenvalue weighted by Gasteiger charge is 2.03. The largest absolute Gasteiger partial charge is 0.497 e. The molecule has 0 saturated carbocycles. The number of methoxy groups -OCH3 is 2. The average molecular weight is 315 g/mol. The first-order valence-electron chi connectivity index (χ1n) is 7.38. The van der Waals surface area contributed by atoms with Crippen LogP contribution in [0.25, 0.3) is 0 Å². The molecule has 0 aromatic heterocycles.